The van der Waals surface area contributed by atoms with Crippen LogP contribution in [0.2, 0.25) is 0 Å². The van der Waals surface area contributed by atoms with E-state index < -0.39 is 16.8 Å². The molecule has 3 rings (SSSR count). The maximum Gasteiger partial charge on any atom is 0.322 e. The van der Waals surface area contributed by atoms with Gasteiger partial charge in [0.15, 0.2) is 11.2 Å². The molecular weight excluding hydrogens is 322 g/mol. The Morgan fingerprint density at radius 2 is 2.08 bits per heavy atom. The van der Waals surface area contributed by atoms with Gasteiger partial charge in [0, 0.05) is 30.3 Å². The van der Waals surface area contributed by atoms with Crippen LogP contribution in [0.4, 0.5) is 0 Å². The van der Waals surface area contributed by atoms with Crippen LogP contribution in [-0.4, -0.2) is 48.5 Å². The predicted octanol–water partition coefficient (Wildman–Crippen LogP) is 1.45. The number of aldehydes is 1. The van der Waals surface area contributed by atoms with E-state index in [4.69, 9.17) is 4.74 Å². The van der Waals surface area contributed by atoms with E-state index in [0.717, 1.165) is 6.29 Å². The summed E-state index contributed by atoms with van der Waals surface area (Å²) in [5.41, 5.74) is -1.57. The first-order chi connectivity index (χ1) is 11.8. The van der Waals surface area contributed by atoms with Crippen molar-refractivity contribution < 1.29 is 23.9 Å². The molecule has 0 radical (unpaired) electrons. The third-order valence-electron chi connectivity index (χ3n) is 6.53. The van der Waals surface area contributed by atoms with Crippen molar-refractivity contribution in [1.29, 1.82) is 0 Å². The van der Waals surface area contributed by atoms with Crippen molar-refractivity contribution in [2.75, 3.05) is 13.7 Å². The number of carbonyl (C=O) groups excluding carboxylic acids is 4. The first-order valence-electron chi connectivity index (χ1n) is 8.51. The van der Waals surface area contributed by atoms with Crippen LogP contribution in [0.25, 0.3) is 0 Å². The second kappa shape index (κ2) is 5.64. The van der Waals surface area contributed by atoms with Gasteiger partial charge in [0.25, 0.3) is 0 Å². The minimum Gasteiger partial charge on any atom is -0.468 e. The van der Waals surface area contributed by atoms with Crippen molar-refractivity contribution in [3.8, 4) is 0 Å². The van der Waals surface area contributed by atoms with Gasteiger partial charge in [0.1, 0.15) is 6.29 Å². The maximum atomic E-state index is 13.4. The number of ketones is 1. The van der Waals surface area contributed by atoms with Crippen molar-refractivity contribution in [3.05, 3.63) is 24.3 Å². The van der Waals surface area contributed by atoms with Crippen LogP contribution in [0.15, 0.2) is 24.3 Å². The van der Waals surface area contributed by atoms with E-state index in [1.807, 2.05) is 0 Å². The second-order valence-electron chi connectivity index (χ2n) is 7.40. The molecule has 6 nitrogen and oxygen atoms in total. The topological polar surface area (TPSA) is 80.8 Å². The highest BCUT2D eigenvalue weighted by Crippen LogP contribution is 2.64. The van der Waals surface area contributed by atoms with Gasteiger partial charge in [0.05, 0.1) is 7.11 Å². The van der Waals surface area contributed by atoms with E-state index in [1.54, 1.807) is 11.8 Å². The van der Waals surface area contributed by atoms with Crippen LogP contribution in [-0.2, 0) is 23.9 Å². The molecule has 1 amide bonds. The summed E-state index contributed by atoms with van der Waals surface area (Å²) in [6.07, 6.45) is 1.99. The molecule has 0 aromatic carbocycles. The normalized spacial score (nSPS) is 36.6. The minimum absolute atomic E-state index is 0.137. The van der Waals surface area contributed by atoms with Crippen LogP contribution in [0.5, 0.6) is 0 Å². The molecule has 1 saturated carbocycles. The Kier molecular flexibility index (Phi) is 3.97. The van der Waals surface area contributed by atoms with Gasteiger partial charge in [-0.3, -0.25) is 14.4 Å². The van der Waals surface area contributed by atoms with E-state index in [2.05, 4.69) is 13.2 Å². The number of nitrogens with zero attached hydrogens (tertiary/aromatic N) is 1. The number of amides is 1. The lowest BCUT2D eigenvalue weighted by molar-refractivity contribution is -0.164. The number of piperidine rings is 1. The van der Waals surface area contributed by atoms with Crippen LogP contribution in [0.1, 0.15) is 32.6 Å². The molecule has 0 spiro atoms. The van der Waals surface area contributed by atoms with Crippen LogP contribution < -0.4 is 0 Å². The summed E-state index contributed by atoms with van der Waals surface area (Å²) in [6.45, 7) is 10.0. The molecule has 25 heavy (non-hydrogen) atoms. The summed E-state index contributed by atoms with van der Waals surface area (Å²) in [7, 11) is 1.24. The Morgan fingerprint density at radius 3 is 2.68 bits per heavy atom. The van der Waals surface area contributed by atoms with E-state index in [0.29, 0.717) is 24.0 Å². The van der Waals surface area contributed by atoms with Crippen molar-refractivity contribution >= 4 is 23.9 Å². The van der Waals surface area contributed by atoms with Crippen LogP contribution in [0, 0.1) is 16.7 Å². The molecule has 1 aliphatic carbocycles. The SMILES string of the molecule is C=C1CN2C(=O)[C@](CCCC=O)(C(=O)OC)[C@@]3(C)C(=C)C(=O)C1CC23. The quantitative estimate of drug-likeness (QED) is 0.188. The van der Waals surface area contributed by atoms with Gasteiger partial charge in [-0.1, -0.05) is 20.1 Å². The largest absolute Gasteiger partial charge is 0.468 e. The summed E-state index contributed by atoms with van der Waals surface area (Å²) < 4.78 is 5.02. The van der Waals surface area contributed by atoms with Gasteiger partial charge in [0.2, 0.25) is 5.91 Å². The zero-order valence-electron chi connectivity index (χ0n) is 14.7. The first-order valence-corrected chi connectivity index (χ1v) is 8.51. The minimum atomic E-state index is -1.52. The third kappa shape index (κ3) is 1.91. The fourth-order valence-corrected chi connectivity index (χ4v) is 5.08. The summed E-state index contributed by atoms with van der Waals surface area (Å²) in [4.78, 5) is 51.6. The molecule has 0 N–H and O–H groups in total. The number of ether oxygens (including phenoxy) is 1. The number of hydrogen-bond acceptors (Lipinski definition) is 5. The zero-order chi connectivity index (χ0) is 18.6. The summed E-state index contributed by atoms with van der Waals surface area (Å²) in [5, 5.41) is 0. The number of carbonyl (C=O) groups is 4. The summed E-state index contributed by atoms with van der Waals surface area (Å²) >= 11 is 0. The van der Waals surface area contributed by atoms with E-state index >= 15 is 0 Å². The van der Waals surface area contributed by atoms with Gasteiger partial charge in [-0.15, -0.1) is 0 Å². The number of methoxy groups -OCH3 is 1. The Morgan fingerprint density at radius 1 is 1.40 bits per heavy atom. The number of Topliss-reactive ketones (excluding diaryl/α,β-unsaturated/α-hetero) is 1. The lowest BCUT2D eigenvalue weighted by Crippen LogP contribution is -2.57. The molecule has 134 valence electrons. The molecule has 0 aromatic rings. The van der Waals surface area contributed by atoms with Crippen LogP contribution >= 0.6 is 0 Å². The zero-order valence-corrected chi connectivity index (χ0v) is 14.7. The monoisotopic (exact) mass is 345 g/mol. The third-order valence-corrected chi connectivity index (χ3v) is 6.53. The van der Waals surface area contributed by atoms with E-state index in [9.17, 15) is 19.2 Å². The molecule has 3 fully saturated rings. The molecular formula is C19H23NO5. The van der Waals surface area contributed by atoms with E-state index in [-0.39, 0.29) is 43.0 Å². The second-order valence-corrected chi connectivity index (χ2v) is 7.40. The number of fused-ring (bicyclic) bond motifs is 1. The number of unbranched alkanes of at least 4 members (excludes halogenated alkanes) is 1. The molecule has 4 atom stereocenters. The van der Waals surface area contributed by atoms with Gasteiger partial charge in [-0.2, -0.15) is 0 Å². The predicted molar refractivity (Wildman–Crippen MR) is 89.4 cm³/mol. The van der Waals surface area contributed by atoms with Crippen molar-refractivity contribution in [1.82, 2.24) is 4.90 Å². The lowest BCUT2D eigenvalue weighted by Gasteiger charge is -2.50. The highest BCUT2D eigenvalue weighted by molar-refractivity contribution is 6.12. The van der Waals surface area contributed by atoms with Crippen molar-refractivity contribution in [2.24, 2.45) is 16.7 Å². The highest BCUT2D eigenvalue weighted by atomic mass is 16.5. The molecule has 2 saturated heterocycles. The number of esters is 1. The Hall–Kier alpha value is -2.24. The lowest BCUT2D eigenvalue weighted by atomic mass is 9.52. The van der Waals surface area contributed by atoms with E-state index in [1.165, 1.54) is 7.11 Å². The Bertz CT molecular complexity index is 711. The van der Waals surface area contributed by atoms with Gasteiger partial charge in [-0.05, 0) is 30.4 Å². The number of rotatable bonds is 5. The molecule has 2 unspecified atom stereocenters. The smallest absolute Gasteiger partial charge is 0.322 e. The average molecular weight is 345 g/mol. The number of hydrogen-bond donors (Lipinski definition) is 0. The standard InChI is InChI=1S/C19H23NO5/c1-11-10-20-14-9-13(11)15(22)12(2)18(14,3)19(16(20)23,17(24)25-4)7-5-6-8-21/h8,13-14H,1-2,5-7,9-10H2,3-4H3/t13?,14?,18-,19+/m0/s1. The van der Waals surface area contributed by atoms with Gasteiger partial charge in [-0.25, -0.2) is 0 Å². The first kappa shape index (κ1) is 17.6. The molecule has 3 aliphatic rings. The van der Waals surface area contributed by atoms with Gasteiger partial charge < -0.3 is 14.4 Å². The molecule has 6 heteroatoms. The summed E-state index contributed by atoms with van der Waals surface area (Å²) in [5.74, 6) is -1.47. The fraction of sp³-hybridized carbons (Fsp3) is 0.579. The summed E-state index contributed by atoms with van der Waals surface area (Å²) in [6, 6.07) is -0.281. The van der Waals surface area contributed by atoms with Crippen molar-refractivity contribution in [3.63, 3.8) is 0 Å². The Balaban J connectivity index is 2.20. The highest BCUT2D eigenvalue weighted by Gasteiger charge is 2.74. The Labute approximate surface area is 146 Å². The fourth-order valence-electron chi connectivity index (χ4n) is 5.08. The molecule has 2 aliphatic heterocycles. The molecule has 2 bridgehead atoms. The maximum absolute atomic E-state index is 13.4. The molecule has 0 aromatic heterocycles. The van der Waals surface area contributed by atoms with Crippen molar-refractivity contribution in [2.45, 2.75) is 38.6 Å². The molecule has 2 heterocycles. The van der Waals surface area contributed by atoms with Crippen LogP contribution in [0.3, 0.4) is 0 Å². The van der Waals surface area contributed by atoms with Gasteiger partial charge >= 0.3 is 5.97 Å². The average Bonchev–Trinajstić information content (AvgIpc) is 2.79.